The van der Waals surface area contributed by atoms with E-state index in [0.717, 1.165) is 10.5 Å². The van der Waals surface area contributed by atoms with Gasteiger partial charge in [-0.3, -0.25) is 19.8 Å². The average molecular weight is 464 g/mol. The molecular formula is C24H25N5O3S. The van der Waals surface area contributed by atoms with E-state index in [4.69, 9.17) is 0 Å². The lowest BCUT2D eigenvalue weighted by molar-refractivity contribution is -0.134. The standard InChI is InChI=1S/C24H25N5O3S/c1-4-24(18-8-6-5-7-9-18)21(31)29(23(32)26-24)14-19(30)25-22-28-27-20(33-22)17-12-10-16(11-13-17)15(2)3/h5-13,15H,4,14H2,1-3H3,(H,26,32)(H,25,28,30)/t24-/m0/s1. The average Bonchev–Trinajstić information content (AvgIpc) is 3.38. The van der Waals surface area contributed by atoms with Crippen molar-refractivity contribution in [2.45, 2.75) is 38.6 Å². The number of anilines is 1. The van der Waals surface area contributed by atoms with Crippen LogP contribution in [0.2, 0.25) is 0 Å². The molecule has 4 amide bonds. The van der Waals surface area contributed by atoms with Crippen LogP contribution in [0.4, 0.5) is 9.93 Å². The Morgan fingerprint density at radius 2 is 1.79 bits per heavy atom. The molecule has 0 bridgehead atoms. The zero-order chi connectivity index (χ0) is 23.6. The number of aromatic nitrogens is 2. The number of rotatable bonds is 7. The Balaban J connectivity index is 1.44. The summed E-state index contributed by atoms with van der Waals surface area (Å²) in [5, 5.41) is 14.6. The Morgan fingerprint density at radius 1 is 1.09 bits per heavy atom. The number of hydrogen-bond acceptors (Lipinski definition) is 6. The lowest BCUT2D eigenvalue weighted by Gasteiger charge is -2.25. The number of urea groups is 1. The van der Waals surface area contributed by atoms with Gasteiger partial charge in [0.2, 0.25) is 11.0 Å². The molecule has 3 aromatic rings. The summed E-state index contributed by atoms with van der Waals surface area (Å²) in [6.45, 7) is 5.68. The van der Waals surface area contributed by atoms with Crippen molar-refractivity contribution in [3.05, 3.63) is 65.7 Å². The van der Waals surface area contributed by atoms with Crippen LogP contribution in [0, 0.1) is 0 Å². The number of carbonyl (C=O) groups excluding carboxylic acids is 3. The summed E-state index contributed by atoms with van der Waals surface area (Å²) < 4.78 is 0. The van der Waals surface area contributed by atoms with Gasteiger partial charge in [-0.2, -0.15) is 0 Å². The van der Waals surface area contributed by atoms with Gasteiger partial charge in [0, 0.05) is 5.56 Å². The first-order valence-corrected chi connectivity index (χ1v) is 11.6. The zero-order valence-corrected chi connectivity index (χ0v) is 19.5. The fourth-order valence-electron chi connectivity index (χ4n) is 3.84. The summed E-state index contributed by atoms with van der Waals surface area (Å²) in [6.07, 6.45) is 0.370. The van der Waals surface area contributed by atoms with Gasteiger partial charge in [0.15, 0.2) is 0 Å². The number of hydrogen-bond donors (Lipinski definition) is 2. The van der Waals surface area contributed by atoms with Crippen LogP contribution in [-0.2, 0) is 15.1 Å². The van der Waals surface area contributed by atoms with Gasteiger partial charge in [-0.05, 0) is 23.5 Å². The van der Waals surface area contributed by atoms with Gasteiger partial charge in [-0.25, -0.2) is 4.79 Å². The number of nitrogens with one attached hydrogen (secondary N) is 2. The minimum atomic E-state index is -1.17. The summed E-state index contributed by atoms with van der Waals surface area (Å²) in [6, 6.07) is 16.5. The van der Waals surface area contributed by atoms with E-state index in [-0.39, 0.29) is 0 Å². The van der Waals surface area contributed by atoms with Gasteiger partial charge in [-0.1, -0.05) is 86.7 Å². The quantitative estimate of drug-likeness (QED) is 0.513. The molecule has 9 heteroatoms. The number of amides is 4. The van der Waals surface area contributed by atoms with Crippen LogP contribution in [0.25, 0.3) is 10.6 Å². The van der Waals surface area contributed by atoms with E-state index < -0.39 is 29.9 Å². The largest absolute Gasteiger partial charge is 0.325 e. The minimum absolute atomic E-state index is 0.305. The predicted octanol–water partition coefficient (Wildman–Crippen LogP) is 4.12. The normalized spacial score (nSPS) is 18.0. The molecule has 1 atom stereocenters. The Hall–Kier alpha value is -3.59. The molecule has 2 heterocycles. The van der Waals surface area contributed by atoms with E-state index >= 15 is 0 Å². The van der Waals surface area contributed by atoms with E-state index in [1.54, 1.807) is 12.1 Å². The van der Waals surface area contributed by atoms with Gasteiger partial charge in [0.05, 0.1) is 0 Å². The van der Waals surface area contributed by atoms with Crippen LogP contribution in [-0.4, -0.2) is 39.5 Å². The first-order chi connectivity index (χ1) is 15.8. The molecule has 170 valence electrons. The summed E-state index contributed by atoms with van der Waals surface area (Å²) >= 11 is 1.23. The molecule has 2 aromatic carbocycles. The van der Waals surface area contributed by atoms with Gasteiger partial charge in [0.25, 0.3) is 5.91 Å². The van der Waals surface area contributed by atoms with Crippen molar-refractivity contribution in [1.82, 2.24) is 20.4 Å². The maximum absolute atomic E-state index is 13.2. The van der Waals surface area contributed by atoms with Crippen LogP contribution in [0.15, 0.2) is 54.6 Å². The highest BCUT2D eigenvalue weighted by atomic mass is 32.1. The monoisotopic (exact) mass is 463 g/mol. The molecule has 1 saturated heterocycles. The third-order valence-electron chi connectivity index (χ3n) is 5.77. The van der Waals surface area contributed by atoms with E-state index in [9.17, 15) is 14.4 Å². The summed E-state index contributed by atoms with van der Waals surface area (Å²) in [5.41, 5.74) is 1.65. The first-order valence-electron chi connectivity index (χ1n) is 10.8. The van der Waals surface area contributed by atoms with Crippen molar-refractivity contribution >= 4 is 34.3 Å². The van der Waals surface area contributed by atoms with Crippen molar-refractivity contribution in [2.24, 2.45) is 0 Å². The third-order valence-corrected chi connectivity index (χ3v) is 6.66. The molecule has 1 fully saturated rings. The maximum atomic E-state index is 13.2. The minimum Gasteiger partial charge on any atom is -0.319 e. The van der Waals surface area contributed by atoms with Gasteiger partial charge in [-0.15, -0.1) is 10.2 Å². The first kappa shape index (κ1) is 22.6. The van der Waals surface area contributed by atoms with E-state index in [0.29, 0.717) is 28.0 Å². The summed E-state index contributed by atoms with van der Waals surface area (Å²) in [4.78, 5) is 39.3. The molecule has 4 rings (SSSR count). The molecule has 1 aliphatic rings. The molecule has 0 radical (unpaired) electrons. The Kier molecular flexibility index (Phi) is 6.24. The Morgan fingerprint density at radius 3 is 2.42 bits per heavy atom. The molecule has 0 aliphatic carbocycles. The van der Waals surface area contributed by atoms with Crippen molar-refractivity contribution in [2.75, 3.05) is 11.9 Å². The van der Waals surface area contributed by atoms with E-state index in [1.165, 1.54) is 16.9 Å². The molecule has 8 nitrogen and oxygen atoms in total. The molecule has 1 aromatic heterocycles. The number of imide groups is 1. The molecule has 0 unspecified atom stereocenters. The molecule has 0 spiro atoms. The van der Waals surface area contributed by atoms with Gasteiger partial charge >= 0.3 is 6.03 Å². The van der Waals surface area contributed by atoms with Crippen molar-refractivity contribution in [1.29, 1.82) is 0 Å². The van der Waals surface area contributed by atoms with Crippen molar-refractivity contribution < 1.29 is 14.4 Å². The second-order valence-electron chi connectivity index (χ2n) is 8.18. The molecule has 33 heavy (non-hydrogen) atoms. The summed E-state index contributed by atoms with van der Waals surface area (Å²) in [5.74, 6) is -0.530. The lowest BCUT2D eigenvalue weighted by atomic mass is 9.87. The van der Waals surface area contributed by atoms with Crippen LogP contribution in [0.3, 0.4) is 0 Å². The van der Waals surface area contributed by atoms with Crippen LogP contribution < -0.4 is 10.6 Å². The highest BCUT2D eigenvalue weighted by molar-refractivity contribution is 7.18. The third kappa shape index (κ3) is 4.36. The molecule has 2 N–H and O–H groups in total. The molecular weight excluding hydrogens is 438 g/mol. The van der Waals surface area contributed by atoms with Crippen LogP contribution >= 0.6 is 11.3 Å². The Bertz CT molecular complexity index is 1180. The maximum Gasteiger partial charge on any atom is 0.325 e. The number of nitrogens with zero attached hydrogens (tertiary/aromatic N) is 3. The fourth-order valence-corrected chi connectivity index (χ4v) is 4.60. The highest BCUT2D eigenvalue weighted by Crippen LogP contribution is 2.32. The second kappa shape index (κ2) is 9.11. The van der Waals surface area contributed by atoms with Crippen LogP contribution in [0.1, 0.15) is 44.2 Å². The van der Waals surface area contributed by atoms with Gasteiger partial charge < -0.3 is 5.32 Å². The molecule has 0 saturated carbocycles. The van der Waals surface area contributed by atoms with Crippen LogP contribution in [0.5, 0.6) is 0 Å². The topological polar surface area (TPSA) is 104 Å². The summed E-state index contributed by atoms with van der Waals surface area (Å²) in [7, 11) is 0. The molecule has 1 aliphatic heterocycles. The van der Waals surface area contributed by atoms with Crippen molar-refractivity contribution in [3.8, 4) is 10.6 Å². The van der Waals surface area contributed by atoms with E-state index in [1.807, 2.05) is 49.4 Å². The number of carbonyl (C=O) groups is 3. The smallest absolute Gasteiger partial charge is 0.319 e. The van der Waals surface area contributed by atoms with Gasteiger partial charge in [0.1, 0.15) is 17.1 Å². The zero-order valence-electron chi connectivity index (χ0n) is 18.7. The Labute approximate surface area is 196 Å². The van der Waals surface area contributed by atoms with Crippen molar-refractivity contribution in [3.63, 3.8) is 0 Å². The SMILES string of the molecule is CC[C@@]1(c2ccccc2)NC(=O)N(CC(=O)Nc2nnc(-c3ccc(C(C)C)cc3)s2)C1=O. The van der Waals surface area contributed by atoms with E-state index in [2.05, 4.69) is 34.7 Å². The fraction of sp³-hybridized carbons (Fsp3) is 0.292. The predicted molar refractivity (Wildman–Crippen MR) is 127 cm³/mol. The highest BCUT2D eigenvalue weighted by Gasteiger charge is 2.51. The lowest BCUT2D eigenvalue weighted by Crippen LogP contribution is -2.44. The number of benzene rings is 2. The second-order valence-corrected chi connectivity index (χ2v) is 9.16.